The number of hydrogen-bond acceptors (Lipinski definition) is 5. The van der Waals surface area contributed by atoms with E-state index in [0.29, 0.717) is 5.76 Å². The number of nitrogens with one attached hydrogen (secondary N) is 1. The molecule has 7 heteroatoms. The number of carbonyl (C=O) groups excluding carboxylic acids is 1. The van der Waals surface area contributed by atoms with Crippen LogP contribution < -0.4 is 5.32 Å². The van der Waals surface area contributed by atoms with Gasteiger partial charge in [0.15, 0.2) is 11.5 Å². The predicted molar refractivity (Wildman–Crippen MR) is 78.1 cm³/mol. The van der Waals surface area contributed by atoms with E-state index in [-0.39, 0.29) is 18.2 Å². The molecule has 1 unspecified atom stereocenters. The first-order chi connectivity index (χ1) is 9.99. The number of thiophene rings is 1. The number of carboxylic acids is 1. The van der Waals surface area contributed by atoms with Gasteiger partial charge in [-0.1, -0.05) is 25.1 Å². The number of rotatable bonds is 6. The molecular weight excluding hydrogens is 292 g/mol. The first-order valence-corrected chi connectivity index (χ1v) is 7.38. The van der Waals surface area contributed by atoms with E-state index in [0.717, 1.165) is 4.88 Å². The highest BCUT2D eigenvalue weighted by atomic mass is 32.1. The zero-order chi connectivity index (χ0) is 15.4. The number of aliphatic carboxylic acids is 1. The lowest BCUT2D eigenvalue weighted by Gasteiger charge is -2.16. The van der Waals surface area contributed by atoms with E-state index in [1.165, 1.54) is 11.3 Å². The van der Waals surface area contributed by atoms with Crippen molar-refractivity contribution in [2.24, 2.45) is 11.8 Å². The summed E-state index contributed by atoms with van der Waals surface area (Å²) in [5.74, 6) is -1.54. The summed E-state index contributed by atoms with van der Waals surface area (Å²) in [6, 6.07) is 5.29. The fourth-order valence-corrected chi connectivity index (χ4v) is 2.49. The minimum atomic E-state index is -0.926. The van der Waals surface area contributed by atoms with Gasteiger partial charge >= 0.3 is 5.97 Å². The summed E-state index contributed by atoms with van der Waals surface area (Å²) in [6.45, 7) is 3.67. The summed E-state index contributed by atoms with van der Waals surface area (Å²) in [6.07, 6.45) is 0. The van der Waals surface area contributed by atoms with E-state index < -0.39 is 17.8 Å². The Kier molecular flexibility index (Phi) is 4.74. The fraction of sp³-hybridized carbons (Fsp3) is 0.357. The molecule has 112 valence electrons. The molecule has 0 aliphatic carbocycles. The van der Waals surface area contributed by atoms with Crippen molar-refractivity contribution in [1.29, 1.82) is 0 Å². The van der Waals surface area contributed by atoms with Gasteiger partial charge in [-0.05, 0) is 17.4 Å². The number of carboxylic acid groups (broad SMARTS) is 1. The smallest absolute Gasteiger partial charge is 0.308 e. The molecule has 2 aromatic rings. The highest BCUT2D eigenvalue weighted by Crippen LogP contribution is 2.25. The van der Waals surface area contributed by atoms with Crippen molar-refractivity contribution in [3.8, 4) is 10.6 Å². The maximum absolute atomic E-state index is 12.0. The Labute approximate surface area is 125 Å². The van der Waals surface area contributed by atoms with Gasteiger partial charge < -0.3 is 14.9 Å². The summed E-state index contributed by atoms with van der Waals surface area (Å²) >= 11 is 1.48. The number of hydrogen-bond donors (Lipinski definition) is 2. The SMILES string of the molecule is CC(C)C(CNC(=O)c1cc(-c2cccs2)on1)C(=O)O. The first-order valence-electron chi connectivity index (χ1n) is 6.50. The lowest BCUT2D eigenvalue weighted by atomic mass is 9.96. The molecule has 0 radical (unpaired) electrons. The van der Waals surface area contributed by atoms with Gasteiger partial charge in [-0.25, -0.2) is 0 Å². The molecule has 0 bridgehead atoms. The van der Waals surface area contributed by atoms with Crippen LogP contribution in [0.25, 0.3) is 10.6 Å². The average Bonchev–Trinajstić information content (AvgIpc) is 3.08. The van der Waals surface area contributed by atoms with Crippen molar-refractivity contribution in [3.63, 3.8) is 0 Å². The molecule has 2 rings (SSSR count). The summed E-state index contributed by atoms with van der Waals surface area (Å²) in [5.41, 5.74) is 0.145. The minimum Gasteiger partial charge on any atom is -0.481 e. The Balaban J connectivity index is 1.99. The van der Waals surface area contributed by atoms with E-state index in [9.17, 15) is 9.59 Å². The maximum atomic E-state index is 12.0. The molecule has 1 amide bonds. The Morgan fingerprint density at radius 2 is 2.24 bits per heavy atom. The van der Waals surface area contributed by atoms with Crippen LogP contribution >= 0.6 is 11.3 Å². The Bertz CT molecular complexity index is 619. The number of amides is 1. The van der Waals surface area contributed by atoms with Gasteiger partial charge in [0.2, 0.25) is 0 Å². The minimum absolute atomic E-state index is 0.0625. The van der Waals surface area contributed by atoms with Crippen LogP contribution in [0.5, 0.6) is 0 Å². The Morgan fingerprint density at radius 1 is 1.48 bits per heavy atom. The van der Waals surface area contributed by atoms with Crippen molar-refractivity contribution in [2.45, 2.75) is 13.8 Å². The molecule has 0 saturated carbocycles. The molecule has 21 heavy (non-hydrogen) atoms. The molecule has 0 aromatic carbocycles. The van der Waals surface area contributed by atoms with E-state index in [1.807, 2.05) is 17.5 Å². The van der Waals surface area contributed by atoms with E-state index in [1.54, 1.807) is 19.9 Å². The zero-order valence-electron chi connectivity index (χ0n) is 11.7. The van der Waals surface area contributed by atoms with Crippen molar-refractivity contribution in [2.75, 3.05) is 6.54 Å². The highest BCUT2D eigenvalue weighted by Gasteiger charge is 2.23. The van der Waals surface area contributed by atoms with Crippen LogP contribution in [0, 0.1) is 11.8 Å². The van der Waals surface area contributed by atoms with Crippen LogP contribution in [0.1, 0.15) is 24.3 Å². The molecule has 2 aromatic heterocycles. The summed E-state index contributed by atoms with van der Waals surface area (Å²) < 4.78 is 5.12. The molecule has 2 heterocycles. The average molecular weight is 308 g/mol. The van der Waals surface area contributed by atoms with Crippen LogP contribution in [0.4, 0.5) is 0 Å². The molecule has 0 saturated heterocycles. The molecule has 0 fully saturated rings. The Hall–Kier alpha value is -2.15. The van der Waals surface area contributed by atoms with Crippen molar-refractivity contribution in [3.05, 3.63) is 29.3 Å². The summed E-state index contributed by atoms with van der Waals surface area (Å²) in [4.78, 5) is 23.9. The lowest BCUT2D eigenvalue weighted by Crippen LogP contribution is -2.35. The fourth-order valence-electron chi connectivity index (χ4n) is 1.82. The van der Waals surface area contributed by atoms with Crippen molar-refractivity contribution in [1.82, 2.24) is 10.5 Å². The molecule has 2 N–H and O–H groups in total. The zero-order valence-corrected chi connectivity index (χ0v) is 12.5. The molecular formula is C14H16N2O4S. The second-order valence-electron chi connectivity index (χ2n) is 4.95. The second-order valence-corrected chi connectivity index (χ2v) is 5.90. The van der Waals surface area contributed by atoms with Crippen LogP contribution in [0.2, 0.25) is 0 Å². The standard InChI is InChI=1S/C14H16N2O4S/c1-8(2)9(14(18)19)7-15-13(17)10-6-11(20-16-10)12-4-3-5-21-12/h3-6,8-9H,7H2,1-2H3,(H,15,17)(H,18,19). The summed E-state index contributed by atoms with van der Waals surface area (Å²) in [5, 5.41) is 17.3. The highest BCUT2D eigenvalue weighted by molar-refractivity contribution is 7.13. The van der Waals surface area contributed by atoms with Gasteiger partial charge in [0.05, 0.1) is 10.8 Å². The first kappa shape index (κ1) is 15.2. The predicted octanol–water partition coefficient (Wildman–Crippen LogP) is 2.49. The maximum Gasteiger partial charge on any atom is 0.308 e. The number of aromatic nitrogens is 1. The van der Waals surface area contributed by atoms with Gasteiger partial charge in [0, 0.05) is 12.6 Å². The largest absolute Gasteiger partial charge is 0.481 e. The van der Waals surface area contributed by atoms with Gasteiger partial charge in [-0.3, -0.25) is 9.59 Å². The van der Waals surface area contributed by atoms with Crippen molar-refractivity contribution >= 4 is 23.2 Å². The third kappa shape index (κ3) is 3.69. The third-order valence-corrected chi connectivity index (χ3v) is 4.00. The Morgan fingerprint density at radius 3 is 2.81 bits per heavy atom. The van der Waals surface area contributed by atoms with E-state index >= 15 is 0 Å². The van der Waals surface area contributed by atoms with Gasteiger partial charge in [0.1, 0.15) is 0 Å². The van der Waals surface area contributed by atoms with Crippen LogP contribution in [-0.4, -0.2) is 28.7 Å². The number of nitrogens with zero attached hydrogens (tertiary/aromatic N) is 1. The van der Waals surface area contributed by atoms with Gasteiger partial charge in [-0.15, -0.1) is 11.3 Å². The summed E-state index contributed by atoms with van der Waals surface area (Å²) in [7, 11) is 0. The lowest BCUT2D eigenvalue weighted by molar-refractivity contribution is -0.142. The number of carbonyl (C=O) groups is 2. The third-order valence-electron chi connectivity index (χ3n) is 3.11. The molecule has 0 aliphatic rings. The quantitative estimate of drug-likeness (QED) is 0.855. The van der Waals surface area contributed by atoms with E-state index in [2.05, 4.69) is 10.5 Å². The normalized spacial score (nSPS) is 12.3. The molecule has 0 spiro atoms. The van der Waals surface area contributed by atoms with Crippen LogP contribution in [-0.2, 0) is 4.79 Å². The second kappa shape index (κ2) is 6.53. The monoisotopic (exact) mass is 308 g/mol. The molecule has 0 aliphatic heterocycles. The van der Waals surface area contributed by atoms with Gasteiger partial charge in [-0.2, -0.15) is 0 Å². The molecule has 6 nitrogen and oxygen atoms in total. The van der Waals surface area contributed by atoms with E-state index in [4.69, 9.17) is 9.63 Å². The topological polar surface area (TPSA) is 92.4 Å². The van der Waals surface area contributed by atoms with Crippen LogP contribution in [0.15, 0.2) is 28.1 Å². The molecule has 1 atom stereocenters. The van der Waals surface area contributed by atoms with Crippen LogP contribution in [0.3, 0.4) is 0 Å². The van der Waals surface area contributed by atoms with Crippen molar-refractivity contribution < 1.29 is 19.2 Å². The van der Waals surface area contributed by atoms with Gasteiger partial charge in [0.25, 0.3) is 5.91 Å².